The van der Waals surface area contributed by atoms with Crippen LogP contribution in [0.4, 0.5) is 0 Å². The fourth-order valence-corrected chi connectivity index (χ4v) is 8.77. The highest BCUT2D eigenvalue weighted by Crippen LogP contribution is 2.41. The molecule has 0 atom stereocenters. The topological polar surface area (TPSA) is 62.4 Å². The summed E-state index contributed by atoms with van der Waals surface area (Å²) in [6.07, 6.45) is 0. The van der Waals surface area contributed by atoms with Gasteiger partial charge in [0.1, 0.15) is 0 Å². The van der Waals surface area contributed by atoms with Crippen molar-refractivity contribution < 1.29 is 0 Å². The third kappa shape index (κ3) is 4.45. The van der Waals surface area contributed by atoms with Gasteiger partial charge >= 0.3 is 0 Å². The molecule has 0 aliphatic carbocycles. The van der Waals surface area contributed by atoms with Crippen LogP contribution in [-0.4, -0.2) is 13.7 Å². The number of rotatable bonds is 4. The van der Waals surface area contributed by atoms with Gasteiger partial charge in [-0.2, -0.15) is 10.5 Å². The molecule has 254 valence electrons. The number of hydrogen-bond acceptors (Lipinski definition) is 2. The SMILES string of the molecule is N#Cc1ccc(-n2c3ccccc3c3ccccc32)c(-c2ccc(-n3c4ccccc4c4c(-n5c6ccccc6c6cc(C#N)ccc65)cccc43)cc2)c1. The average molecular weight is 700 g/mol. The molecule has 0 amide bonds. The van der Waals surface area contributed by atoms with Crippen molar-refractivity contribution in [1.29, 1.82) is 10.5 Å². The van der Waals surface area contributed by atoms with Gasteiger partial charge in [0.2, 0.25) is 0 Å². The molecule has 0 fully saturated rings. The van der Waals surface area contributed by atoms with Crippen molar-refractivity contribution in [2.45, 2.75) is 0 Å². The lowest BCUT2D eigenvalue weighted by molar-refractivity contribution is 1.16. The Bertz CT molecular complexity index is 3400. The summed E-state index contributed by atoms with van der Waals surface area (Å²) in [5, 5.41) is 26.6. The van der Waals surface area contributed by atoms with Crippen LogP contribution in [0.1, 0.15) is 11.1 Å². The molecule has 0 spiro atoms. The molecule has 0 saturated carbocycles. The van der Waals surface area contributed by atoms with Crippen molar-refractivity contribution in [1.82, 2.24) is 13.7 Å². The summed E-state index contributed by atoms with van der Waals surface area (Å²) in [5.74, 6) is 0. The molecule has 55 heavy (non-hydrogen) atoms. The Hall–Kier alpha value is -7.86. The first kappa shape index (κ1) is 30.7. The Labute approximate surface area is 316 Å². The van der Waals surface area contributed by atoms with E-state index in [-0.39, 0.29) is 0 Å². The maximum atomic E-state index is 10.0. The van der Waals surface area contributed by atoms with Gasteiger partial charge in [-0.1, -0.05) is 91.0 Å². The summed E-state index contributed by atoms with van der Waals surface area (Å²) >= 11 is 0. The van der Waals surface area contributed by atoms with Crippen LogP contribution in [0.15, 0.2) is 176 Å². The number of nitriles is 2. The van der Waals surface area contributed by atoms with Gasteiger partial charge in [0, 0.05) is 43.6 Å². The van der Waals surface area contributed by atoms with Crippen molar-refractivity contribution in [3.63, 3.8) is 0 Å². The van der Waals surface area contributed by atoms with E-state index in [1.165, 1.54) is 10.8 Å². The molecule has 11 rings (SSSR count). The van der Waals surface area contributed by atoms with Crippen LogP contribution >= 0.6 is 0 Å². The second-order valence-electron chi connectivity index (χ2n) is 14.0. The third-order valence-electron chi connectivity index (χ3n) is 11.1. The van der Waals surface area contributed by atoms with Crippen LogP contribution in [0, 0.1) is 22.7 Å². The molecule has 11 aromatic rings. The van der Waals surface area contributed by atoms with Crippen molar-refractivity contribution in [2.75, 3.05) is 0 Å². The summed E-state index contributed by atoms with van der Waals surface area (Å²) in [4.78, 5) is 0. The molecular formula is C50H29N5. The zero-order chi connectivity index (χ0) is 36.6. The molecule has 0 aliphatic heterocycles. The number of aromatic nitrogens is 3. The first-order valence-electron chi connectivity index (χ1n) is 18.3. The Balaban J connectivity index is 1.12. The Kier molecular flexibility index (Phi) is 6.61. The second kappa shape index (κ2) is 11.8. The Morgan fingerprint density at radius 3 is 1.47 bits per heavy atom. The van der Waals surface area contributed by atoms with Gasteiger partial charge in [0.15, 0.2) is 0 Å². The lowest BCUT2D eigenvalue weighted by Gasteiger charge is -2.15. The van der Waals surface area contributed by atoms with E-state index in [1.54, 1.807) is 0 Å². The molecule has 0 N–H and O–H groups in total. The predicted octanol–water partition coefficient (Wildman–Crippen LogP) is 12.4. The highest BCUT2D eigenvalue weighted by Gasteiger charge is 2.21. The number of fused-ring (bicyclic) bond motifs is 9. The fraction of sp³-hybridized carbons (Fsp3) is 0. The van der Waals surface area contributed by atoms with Gasteiger partial charge in [0.05, 0.1) is 67.7 Å². The lowest BCUT2D eigenvalue weighted by Crippen LogP contribution is -1.99. The maximum absolute atomic E-state index is 10.0. The molecule has 5 heteroatoms. The van der Waals surface area contributed by atoms with E-state index in [0.717, 1.165) is 82.8 Å². The van der Waals surface area contributed by atoms with E-state index >= 15 is 0 Å². The normalized spacial score (nSPS) is 11.6. The van der Waals surface area contributed by atoms with E-state index in [2.05, 4.69) is 177 Å². The smallest absolute Gasteiger partial charge is 0.0991 e. The van der Waals surface area contributed by atoms with Crippen LogP contribution in [0.2, 0.25) is 0 Å². The Morgan fingerprint density at radius 2 is 0.836 bits per heavy atom. The number of benzene rings is 8. The van der Waals surface area contributed by atoms with Crippen molar-refractivity contribution in [3.8, 4) is 40.3 Å². The van der Waals surface area contributed by atoms with E-state index < -0.39 is 0 Å². The fourth-order valence-electron chi connectivity index (χ4n) is 8.77. The van der Waals surface area contributed by atoms with Gasteiger partial charge in [-0.25, -0.2) is 0 Å². The minimum Gasteiger partial charge on any atom is -0.309 e. The quantitative estimate of drug-likeness (QED) is 0.184. The molecule has 0 aliphatic rings. The molecule has 3 aromatic heterocycles. The zero-order valence-corrected chi connectivity index (χ0v) is 29.5. The van der Waals surface area contributed by atoms with Gasteiger partial charge < -0.3 is 13.7 Å². The van der Waals surface area contributed by atoms with Crippen molar-refractivity contribution in [2.24, 2.45) is 0 Å². The highest BCUT2D eigenvalue weighted by molar-refractivity contribution is 6.16. The average Bonchev–Trinajstić information content (AvgIpc) is 3.89. The summed E-state index contributed by atoms with van der Waals surface area (Å²) < 4.78 is 7.00. The van der Waals surface area contributed by atoms with E-state index in [4.69, 9.17) is 0 Å². The monoisotopic (exact) mass is 699 g/mol. The summed E-state index contributed by atoms with van der Waals surface area (Å²) in [7, 11) is 0. The van der Waals surface area contributed by atoms with E-state index in [1.807, 2.05) is 24.3 Å². The van der Waals surface area contributed by atoms with Crippen molar-refractivity contribution in [3.05, 3.63) is 187 Å². The number of para-hydroxylation sites is 4. The summed E-state index contributed by atoms with van der Waals surface area (Å²) in [5.41, 5.74) is 13.1. The van der Waals surface area contributed by atoms with Crippen LogP contribution in [0.25, 0.3) is 93.6 Å². The largest absolute Gasteiger partial charge is 0.309 e. The molecule has 0 radical (unpaired) electrons. The van der Waals surface area contributed by atoms with Crippen LogP contribution in [0.5, 0.6) is 0 Å². The molecule has 3 heterocycles. The predicted molar refractivity (Wildman–Crippen MR) is 224 cm³/mol. The lowest BCUT2D eigenvalue weighted by atomic mass is 10.0. The van der Waals surface area contributed by atoms with E-state index in [9.17, 15) is 10.5 Å². The molecular weight excluding hydrogens is 671 g/mol. The molecule has 8 aromatic carbocycles. The Morgan fingerprint density at radius 1 is 0.345 bits per heavy atom. The molecule has 5 nitrogen and oxygen atoms in total. The third-order valence-corrected chi connectivity index (χ3v) is 11.1. The van der Waals surface area contributed by atoms with Gasteiger partial charge in [-0.15, -0.1) is 0 Å². The molecule has 0 saturated heterocycles. The first-order valence-corrected chi connectivity index (χ1v) is 18.3. The second-order valence-corrected chi connectivity index (χ2v) is 14.0. The minimum absolute atomic E-state index is 0.618. The highest BCUT2D eigenvalue weighted by atomic mass is 15.0. The van der Waals surface area contributed by atoms with Gasteiger partial charge in [0.25, 0.3) is 0 Å². The van der Waals surface area contributed by atoms with E-state index in [0.29, 0.717) is 11.1 Å². The zero-order valence-electron chi connectivity index (χ0n) is 29.5. The maximum Gasteiger partial charge on any atom is 0.0991 e. The minimum atomic E-state index is 0.618. The summed E-state index contributed by atoms with van der Waals surface area (Å²) in [6.45, 7) is 0. The first-order chi connectivity index (χ1) is 27.2. The van der Waals surface area contributed by atoms with Crippen molar-refractivity contribution >= 4 is 65.4 Å². The summed E-state index contributed by atoms with van der Waals surface area (Å²) in [6, 6.07) is 66.0. The van der Waals surface area contributed by atoms with Crippen LogP contribution in [0.3, 0.4) is 0 Å². The number of hydrogen-bond donors (Lipinski definition) is 0. The van der Waals surface area contributed by atoms with Gasteiger partial charge in [-0.05, 0) is 90.5 Å². The molecule has 0 bridgehead atoms. The van der Waals surface area contributed by atoms with Crippen LogP contribution in [-0.2, 0) is 0 Å². The van der Waals surface area contributed by atoms with Gasteiger partial charge in [-0.3, -0.25) is 0 Å². The van der Waals surface area contributed by atoms with Crippen LogP contribution < -0.4 is 0 Å². The number of nitrogens with zero attached hydrogens (tertiary/aromatic N) is 5. The molecule has 0 unspecified atom stereocenters. The standard InChI is InChI=1S/C50H29N5/c51-30-32-20-26-46(54-42-14-5-1-10-36(42)37-11-2-6-15-43(37)54)40(28-32)34-22-24-35(25-23-34)53-45-17-8-4-13-39(45)50-48(53)18-9-19-49(50)55-44-16-7-3-12-38(44)41-29-33(31-52)21-27-47(41)55/h1-29H.